The van der Waals surface area contributed by atoms with Gasteiger partial charge in [0.25, 0.3) is 0 Å². The number of rotatable bonds is 0. The van der Waals surface area contributed by atoms with Gasteiger partial charge in [-0.05, 0) is 13.0 Å². The summed E-state index contributed by atoms with van der Waals surface area (Å²) in [6, 6.07) is 0. The van der Waals surface area contributed by atoms with Crippen molar-refractivity contribution in [2.24, 2.45) is 0 Å². The van der Waals surface area contributed by atoms with Crippen LogP contribution in [0.5, 0.6) is 0 Å². The van der Waals surface area contributed by atoms with Gasteiger partial charge in [-0.2, -0.15) is 0 Å². The second-order valence-corrected chi connectivity index (χ2v) is 2.09. The van der Waals surface area contributed by atoms with E-state index in [9.17, 15) is 9.59 Å². The van der Waals surface area contributed by atoms with E-state index in [1.54, 1.807) is 0 Å². The molecule has 0 spiro atoms. The maximum absolute atomic E-state index is 10.7. The molecule has 0 amide bonds. The monoisotopic (exact) mass is 138 g/mol. The molecule has 0 bridgehead atoms. The SMILES string of the molecule is CC1=CC(=O)C=C(O)C1=O. The van der Waals surface area contributed by atoms with Gasteiger partial charge in [-0.1, -0.05) is 0 Å². The zero-order valence-electron chi connectivity index (χ0n) is 5.42. The number of carbonyl (C=O) groups excluding carboxylic acids is 2. The van der Waals surface area contributed by atoms with Crippen molar-refractivity contribution in [1.29, 1.82) is 0 Å². The second-order valence-electron chi connectivity index (χ2n) is 2.09. The van der Waals surface area contributed by atoms with E-state index in [1.165, 1.54) is 13.0 Å². The fourth-order valence-electron chi connectivity index (χ4n) is 0.723. The van der Waals surface area contributed by atoms with E-state index in [4.69, 9.17) is 5.11 Å². The summed E-state index contributed by atoms with van der Waals surface area (Å²) in [4.78, 5) is 21.3. The van der Waals surface area contributed by atoms with Crippen LogP contribution in [0, 0.1) is 0 Å². The first-order valence-electron chi connectivity index (χ1n) is 2.79. The molecule has 0 saturated carbocycles. The Morgan fingerprint density at radius 3 is 2.40 bits per heavy atom. The number of Topliss-reactive ketones (excluding diaryl/α,β-unsaturated/α-hetero) is 1. The summed E-state index contributed by atoms with van der Waals surface area (Å²) in [5.41, 5.74) is 0.282. The van der Waals surface area contributed by atoms with E-state index >= 15 is 0 Å². The molecule has 0 aromatic carbocycles. The lowest BCUT2D eigenvalue weighted by molar-refractivity contribution is -0.117. The highest BCUT2D eigenvalue weighted by Crippen LogP contribution is 2.08. The van der Waals surface area contributed by atoms with E-state index < -0.39 is 11.5 Å². The molecule has 0 heterocycles. The number of aliphatic hydroxyl groups excluding tert-OH is 1. The predicted octanol–water partition coefficient (Wildman–Crippen LogP) is 0.526. The normalized spacial score (nSPS) is 18.5. The average Bonchev–Trinajstić information content (AvgIpc) is 1.82. The highest BCUT2D eigenvalue weighted by Gasteiger charge is 2.16. The zero-order valence-corrected chi connectivity index (χ0v) is 5.42. The molecule has 1 N–H and O–H groups in total. The van der Waals surface area contributed by atoms with Gasteiger partial charge in [0.2, 0.25) is 5.78 Å². The lowest BCUT2D eigenvalue weighted by Crippen LogP contribution is -2.11. The minimum absolute atomic E-state index is 0.282. The van der Waals surface area contributed by atoms with Crippen LogP contribution in [0.15, 0.2) is 23.5 Å². The molecule has 3 heteroatoms. The first-order valence-corrected chi connectivity index (χ1v) is 2.79. The highest BCUT2D eigenvalue weighted by atomic mass is 16.3. The van der Waals surface area contributed by atoms with Crippen molar-refractivity contribution in [2.45, 2.75) is 6.92 Å². The van der Waals surface area contributed by atoms with Crippen molar-refractivity contribution in [3.63, 3.8) is 0 Å². The molecule has 0 aromatic heterocycles. The van der Waals surface area contributed by atoms with Crippen molar-refractivity contribution in [2.75, 3.05) is 0 Å². The standard InChI is InChI=1S/C7H6O3/c1-4-2-5(8)3-6(9)7(4)10/h2-3,9H,1H3. The average molecular weight is 138 g/mol. The quantitative estimate of drug-likeness (QED) is 0.496. The summed E-state index contributed by atoms with van der Waals surface area (Å²) in [7, 11) is 0. The second kappa shape index (κ2) is 2.10. The number of hydrogen-bond donors (Lipinski definition) is 1. The zero-order chi connectivity index (χ0) is 7.72. The van der Waals surface area contributed by atoms with E-state index in [-0.39, 0.29) is 11.4 Å². The number of aliphatic hydroxyl groups is 1. The topological polar surface area (TPSA) is 54.4 Å². The van der Waals surface area contributed by atoms with Gasteiger partial charge in [0.05, 0.1) is 0 Å². The number of carbonyl (C=O) groups is 2. The minimum Gasteiger partial charge on any atom is -0.504 e. The predicted molar refractivity (Wildman–Crippen MR) is 34.5 cm³/mol. The van der Waals surface area contributed by atoms with Crippen LogP contribution in [0.25, 0.3) is 0 Å². The van der Waals surface area contributed by atoms with Crippen molar-refractivity contribution >= 4 is 11.6 Å². The van der Waals surface area contributed by atoms with Gasteiger partial charge >= 0.3 is 0 Å². The number of hydrogen-bond acceptors (Lipinski definition) is 3. The summed E-state index contributed by atoms with van der Waals surface area (Å²) < 4.78 is 0. The van der Waals surface area contributed by atoms with Crippen LogP contribution in [0.1, 0.15) is 6.92 Å². The fourth-order valence-corrected chi connectivity index (χ4v) is 0.723. The molecule has 1 rings (SSSR count). The highest BCUT2D eigenvalue weighted by molar-refractivity contribution is 6.18. The Morgan fingerprint density at radius 1 is 1.30 bits per heavy atom. The van der Waals surface area contributed by atoms with Gasteiger partial charge in [0, 0.05) is 11.6 Å². The van der Waals surface area contributed by atoms with Crippen molar-refractivity contribution in [1.82, 2.24) is 0 Å². The molecule has 52 valence electrons. The Kier molecular flexibility index (Phi) is 1.41. The molecular formula is C7H6O3. The van der Waals surface area contributed by atoms with E-state index in [1.807, 2.05) is 0 Å². The number of ketones is 2. The Morgan fingerprint density at radius 2 is 1.90 bits per heavy atom. The third kappa shape index (κ3) is 0.978. The van der Waals surface area contributed by atoms with Gasteiger partial charge in [-0.15, -0.1) is 0 Å². The molecule has 0 aromatic rings. The molecule has 0 unspecified atom stereocenters. The van der Waals surface area contributed by atoms with Crippen LogP contribution in [0.2, 0.25) is 0 Å². The molecular weight excluding hydrogens is 132 g/mol. The lowest BCUT2D eigenvalue weighted by Gasteiger charge is -2.02. The Hall–Kier alpha value is -1.38. The van der Waals surface area contributed by atoms with Crippen LogP contribution in [-0.4, -0.2) is 16.7 Å². The maximum atomic E-state index is 10.7. The van der Waals surface area contributed by atoms with Crippen LogP contribution in [-0.2, 0) is 9.59 Å². The van der Waals surface area contributed by atoms with Crippen LogP contribution in [0.3, 0.4) is 0 Å². The van der Waals surface area contributed by atoms with E-state index in [2.05, 4.69) is 0 Å². The first kappa shape index (κ1) is 6.74. The smallest absolute Gasteiger partial charge is 0.223 e. The molecule has 0 fully saturated rings. The molecule has 10 heavy (non-hydrogen) atoms. The molecule has 0 radical (unpaired) electrons. The minimum atomic E-state index is -0.473. The van der Waals surface area contributed by atoms with Gasteiger partial charge in [0.15, 0.2) is 11.5 Å². The van der Waals surface area contributed by atoms with E-state index in [0.29, 0.717) is 0 Å². The van der Waals surface area contributed by atoms with Gasteiger partial charge in [-0.3, -0.25) is 9.59 Å². The van der Waals surface area contributed by atoms with Crippen molar-refractivity contribution in [3.05, 3.63) is 23.5 Å². The fraction of sp³-hybridized carbons (Fsp3) is 0.143. The van der Waals surface area contributed by atoms with Crippen molar-refractivity contribution < 1.29 is 14.7 Å². The van der Waals surface area contributed by atoms with Gasteiger partial charge < -0.3 is 5.11 Å². The Labute approximate surface area is 57.7 Å². The lowest BCUT2D eigenvalue weighted by atomic mass is 10.0. The Bertz CT molecular complexity index is 234. The summed E-state index contributed by atoms with van der Waals surface area (Å²) >= 11 is 0. The van der Waals surface area contributed by atoms with Crippen molar-refractivity contribution in [3.8, 4) is 0 Å². The summed E-state index contributed by atoms with van der Waals surface area (Å²) in [6.45, 7) is 1.49. The Balaban J connectivity index is 3.05. The van der Waals surface area contributed by atoms with E-state index in [0.717, 1.165) is 6.08 Å². The third-order valence-electron chi connectivity index (χ3n) is 1.23. The molecule has 1 aliphatic rings. The van der Waals surface area contributed by atoms with Gasteiger partial charge in [-0.25, -0.2) is 0 Å². The first-order chi connectivity index (χ1) is 4.61. The third-order valence-corrected chi connectivity index (χ3v) is 1.23. The van der Waals surface area contributed by atoms with Gasteiger partial charge in [0.1, 0.15) is 0 Å². The molecule has 0 atom stereocenters. The molecule has 1 aliphatic carbocycles. The van der Waals surface area contributed by atoms with Crippen LogP contribution in [0.4, 0.5) is 0 Å². The molecule has 0 aliphatic heterocycles. The molecule has 0 saturated heterocycles. The summed E-state index contributed by atoms with van der Waals surface area (Å²) in [6.07, 6.45) is 2.11. The maximum Gasteiger partial charge on any atom is 0.223 e. The van der Waals surface area contributed by atoms with Crippen LogP contribution < -0.4 is 0 Å². The largest absolute Gasteiger partial charge is 0.504 e. The molecule has 3 nitrogen and oxygen atoms in total. The van der Waals surface area contributed by atoms with Crippen LogP contribution >= 0.6 is 0 Å². The number of allylic oxidation sites excluding steroid dienone is 3. The summed E-state index contributed by atoms with van der Waals surface area (Å²) in [5, 5.41) is 8.77. The summed E-state index contributed by atoms with van der Waals surface area (Å²) in [5.74, 6) is -1.28.